The first-order chi connectivity index (χ1) is 16.5. The molecule has 0 radical (unpaired) electrons. The van der Waals surface area contributed by atoms with E-state index in [9.17, 15) is 9.59 Å². The van der Waals surface area contributed by atoms with Gasteiger partial charge in [-0.3, -0.25) is 14.5 Å². The van der Waals surface area contributed by atoms with Crippen LogP contribution in [0.15, 0.2) is 59.4 Å². The summed E-state index contributed by atoms with van der Waals surface area (Å²) in [5.74, 6) is -0.151. The first-order valence-corrected chi connectivity index (χ1v) is 12.8. The predicted octanol–water partition coefficient (Wildman–Crippen LogP) is 4.90. The molecule has 178 valence electrons. The molecule has 0 aliphatic heterocycles. The van der Waals surface area contributed by atoms with E-state index in [1.54, 1.807) is 11.3 Å². The fraction of sp³-hybridized carbons (Fsp3) is 0.370. The van der Waals surface area contributed by atoms with Crippen molar-refractivity contribution in [3.8, 4) is 0 Å². The van der Waals surface area contributed by atoms with E-state index in [1.807, 2.05) is 44.2 Å². The summed E-state index contributed by atoms with van der Waals surface area (Å²) >= 11 is 1.58. The maximum absolute atomic E-state index is 13.4. The molecule has 4 aromatic rings. The number of fused-ring (bicyclic) bond motifs is 3. The fourth-order valence-corrected chi connectivity index (χ4v) is 5.52. The summed E-state index contributed by atoms with van der Waals surface area (Å²) in [6.07, 6.45) is 1.35. The molecule has 0 spiro atoms. The second-order valence-corrected chi connectivity index (χ2v) is 9.61. The molecule has 0 fully saturated rings. The van der Waals surface area contributed by atoms with E-state index in [4.69, 9.17) is 0 Å². The number of thiophene rings is 1. The zero-order chi connectivity index (χ0) is 24.1. The van der Waals surface area contributed by atoms with Gasteiger partial charge in [-0.2, -0.15) is 5.10 Å². The quantitative estimate of drug-likeness (QED) is 0.331. The molecule has 0 saturated heterocycles. The van der Waals surface area contributed by atoms with E-state index in [0.29, 0.717) is 18.4 Å². The van der Waals surface area contributed by atoms with Gasteiger partial charge in [0.1, 0.15) is 6.04 Å². The molecular weight excluding hydrogens is 444 g/mol. The van der Waals surface area contributed by atoms with Crippen molar-refractivity contribution in [3.63, 3.8) is 0 Å². The third kappa shape index (κ3) is 5.05. The molecule has 1 N–H and O–H groups in total. The number of nitrogens with zero attached hydrogens (tertiary/aromatic N) is 3. The molecule has 1 atom stereocenters. The first-order valence-electron chi connectivity index (χ1n) is 12.0. The van der Waals surface area contributed by atoms with Crippen molar-refractivity contribution in [3.05, 3.63) is 76.2 Å². The summed E-state index contributed by atoms with van der Waals surface area (Å²) in [5.41, 5.74) is 1.87. The Hall–Kier alpha value is -3.03. The van der Waals surface area contributed by atoms with Crippen molar-refractivity contribution >= 4 is 37.4 Å². The Bertz CT molecular complexity index is 1330. The van der Waals surface area contributed by atoms with Gasteiger partial charge in [0.15, 0.2) is 0 Å². The van der Waals surface area contributed by atoms with Crippen LogP contribution in [0.25, 0.3) is 20.2 Å². The SMILES string of the molecule is CC[C@@H](C(=O)NCCCN(CC)Cc1ccccc1)n1nc(C)c2sc3ccccc3c2c1=O. The van der Waals surface area contributed by atoms with Gasteiger partial charge in [-0.25, -0.2) is 4.68 Å². The summed E-state index contributed by atoms with van der Waals surface area (Å²) in [4.78, 5) is 28.8. The molecule has 34 heavy (non-hydrogen) atoms. The Morgan fingerprint density at radius 3 is 2.59 bits per heavy atom. The lowest BCUT2D eigenvalue weighted by molar-refractivity contribution is -0.124. The molecule has 7 heteroatoms. The number of benzene rings is 2. The Labute approximate surface area is 204 Å². The summed E-state index contributed by atoms with van der Waals surface area (Å²) in [6.45, 7) is 9.29. The zero-order valence-electron chi connectivity index (χ0n) is 20.1. The van der Waals surface area contributed by atoms with Gasteiger partial charge in [0, 0.05) is 29.7 Å². The molecule has 0 saturated carbocycles. The molecular formula is C27H32N4O2S. The molecule has 0 aliphatic carbocycles. The number of amides is 1. The molecule has 0 unspecified atom stereocenters. The average molecular weight is 477 g/mol. The van der Waals surface area contributed by atoms with Crippen molar-refractivity contribution < 1.29 is 4.79 Å². The van der Waals surface area contributed by atoms with Crippen LogP contribution in [-0.2, 0) is 11.3 Å². The predicted molar refractivity (Wildman–Crippen MR) is 140 cm³/mol. The number of carbonyl (C=O) groups is 1. The van der Waals surface area contributed by atoms with E-state index in [-0.39, 0.29) is 11.5 Å². The van der Waals surface area contributed by atoms with Gasteiger partial charge in [-0.1, -0.05) is 62.4 Å². The highest BCUT2D eigenvalue weighted by atomic mass is 32.1. The number of aromatic nitrogens is 2. The molecule has 6 nitrogen and oxygen atoms in total. The monoisotopic (exact) mass is 476 g/mol. The molecule has 2 aromatic heterocycles. The van der Waals surface area contributed by atoms with Crippen LogP contribution in [0.3, 0.4) is 0 Å². The highest BCUT2D eigenvalue weighted by Crippen LogP contribution is 2.33. The van der Waals surface area contributed by atoms with E-state index in [0.717, 1.165) is 46.5 Å². The Kier molecular flexibility index (Phi) is 7.75. The third-order valence-electron chi connectivity index (χ3n) is 6.23. The number of aryl methyl sites for hydroxylation is 1. The lowest BCUT2D eigenvalue weighted by Crippen LogP contribution is -2.39. The molecule has 4 rings (SSSR count). The number of hydrogen-bond donors (Lipinski definition) is 1. The molecule has 1 amide bonds. The van der Waals surface area contributed by atoms with E-state index >= 15 is 0 Å². The summed E-state index contributed by atoms with van der Waals surface area (Å²) in [7, 11) is 0. The minimum absolute atomic E-state index is 0.151. The lowest BCUT2D eigenvalue weighted by Gasteiger charge is -2.21. The van der Waals surface area contributed by atoms with Gasteiger partial charge < -0.3 is 5.32 Å². The smallest absolute Gasteiger partial charge is 0.276 e. The van der Waals surface area contributed by atoms with Crippen molar-refractivity contribution in [2.45, 2.75) is 46.2 Å². The van der Waals surface area contributed by atoms with E-state index in [1.165, 1.54) is 10.2 Å². The van der Waals surface area contributed by atoms with Crippen LogP contribution in [0.2, 0.25) is 0 Å². The van der Waals surface area contributed by atoms with Gasteiger partial charge in [0.25, 0.3) is 5.56 Å². The third-order valence-corrected chi connectivity index (χ3v) is 7.51. The van der Waals surface area contributed by atoms with Crippen molar-refractivity contribution in [1.29, 1.82) is 0 Å². The van der Waals surface area contributed by atoms with Crippen LogP contribution >= 0.6 is 11.3 Å². The minimum atomic E-state index is -0.624. The number of rotatable bonds is 10. The topological polar surface area (TPSA) is 67.2 Å². The zero-order valence-corrected chi connectivity index (χ0v) is 20.9. The molecule has 0 bridgehead atoms. The minimum Gasteiger partial charge on any atom is -0.354 e. The van der Waals surface area contributed by atoms with Crippen molar-refractivity contribution in [1.82, 2.24) is 20.0 Å². The summed E-state index contributed by atoms with van der Waals surface area (Å²) in [5, 5.41) is 9.19. The number of carbonyl (C=O) groups excluding carboxylic acids is 1. The van der Waals surface area contributed by atoms with Gasteiger partial charge >= 0.3 is 0 Å². The van der Waals surface area contributed by atoms with Crippen LogP contribution in [0, 0.1) is 6.92 Å². The highest BCUT2D eigenvalue weighted by Gasteiger charge is 2.24. The second-order valence-electron chi connectivity index (χ2n) is 8.56. The van der Waals surface area contributed by atoms with Crippen LogP contribution in [0.5, 0.6) is 0 Å². The van der Waals surface area contributed by atoms with E-state index < -0.39 is 6.04 Å². The highest BCUT2D eigenvalue weighted by molar-refractivity contribution is 7.26. The first kappa shape index (κ1) is 24.1. The van der Waals surface area contributed by atoms with Crippen molar-refractivity contribution in [2.24, 2.45) is 0 Å². The second kappa shape index (κ2) is 10.9. The maximum atomic E-state index is 13.4. The average Bonchev–Trinajstić information content (AvgIpc) is 3.26. The van der Waals surface area contributed by atoms with Crippen LogP contribution in [0.4, 0.5) is 0 Å². The van der Waals surface area contributed by atoms with Crippen molar-refractivity contribution in [2.75, 3.05) is 19.6 Å². The lowest BCUT2D eigenvalue weighted by atomic mass is 10.1. The summed E-state index contributed by atoms with van der Waals surface area (Å²) < 4.78 is 3.35. The number of hydrogen-bond acceptors (Lipinski definition) is 5. The van der Waals surface area contributed by atoms with Gasteiger partial charge in [0.05, 0.1) is 15.8 Å². The molecule has 0 aliphatic rings. The molecule has 2 aromatic carbocycles. The maximum Gasteiger partial charge on any atom is 0.276 e. The fourth-order valence-electron chi connectivity index (χ4n) is 4.38. The van der Waals surface area contributed by atoms with Gasteiger partial charge in [-0.05, 0) is 37.9 Å². The van der Waals surface area contributed by atoms with Gasteiger partial charge in [0.2, 0.25) is 5.91 Å². The Morgan fingerprint density at radius 2 is 1.85 bits per heavy atom. The Morgan fingerprint density at radius 1 is 1.12 bits per heavy atom. The molecule has 2 heterocycles. The van der Waals surface area contributed by atoms with Crippen LogP contribution < -0.4 is 10.9 Å². The normalized spacial score (nSPS) is 12.5. The summed E-state index contributed by atoms with van der Waals surface area (Å²) in [6, 6.07) is 17.7. The van der Waals surface area contributed by atoms with E-state index in [2.05, 4.69) is 46.5 Å². The largest absolute Gasteiger partial charge is 0.354 e. The van der Waals surface area contributed by atoms with Crippen LogP contribution in [0.1, 0.15) is 44.0 Å². The standard InChI is InChI=1S/C27H32N4O2S/c1-4-22(26(32)28-16-11-17-30(5-2)18-20-12-7-6-8-13-20)31-27(33)24-21-14-9-10-15-23(21)34-25(24)19(3)29-31/h6-10,12-15,22H,4-5,11,16-18H2,1-3H3,(H,28,32)/t22-/m0/s1. The Balaban J connectivity index is 1.44. The number of nitrogens with one attached hydrogen (secondary N) is 1. The van der Waals surface area contributed by atoms with Crippen LogP contribution in [-0.4, -0.2) is 40.2 Å². The van der Waals surface area contributed by atoms with Gasteiger partial charge in [-0.15, -0.1) is 11.3 Å².